The number of aliphatic hydroxyl groups is 1. The summed E-state index contributed by atoms with van der Waals surface area (Å²) in [4.78, 5) is 44.6. The van der Waals surface area contributed by atoms with Crippen molar-refractivity contribution in [3.63, 3.8) is 0 Å². The Morgan fingerprint density at radius 3 is 2.65 bits per heavy atom. The number of nitrogens with one attached hydrogen (secondary N) is 1. The molecular formula is C23H28FN3O9P+. The third-order valence-corrected chi connectivity index (χ3v) is 7.44. The van der Waals surface area contributed by atoms with Crippen LogP contribution < -0.4 is 15.8 Å². The van der Waals surface area contributed by atoms with E-state index in [0.29, 0.717) is 0 Å². The Balaban J connectivity index is 1.50. The molecule has 1 aromatic heterocycles. The summed E-state index contributed by atoms with van der Waals surface area (Å²) >= 11 is 0. The fraction of sp³-hybridized carbons (Fsp3) is 0.522. The Hall–Kier alpha value is -2.96. The van der Waals surface area contributed by atoms with Crippen molar-refractivity contribution in [2.75, 3.05) is 6.61 Å². The van der Waals surface area contributed by atoms with E-state index in [4.69, 9.17) is 18.8 Å². The minimum Gasteiger partial charge on any atom is -0.461 e. The molecule has 2 fully saturated rings. The van der Waals surface area contributed by atoms with Crippen LogP contribution in [0.3, 0.4) is 0 Å². The van der Waals surface area contributed by atoms with E-state index in [9.17, 15) is 24.1 Å². The number of ether oxygens (including phenoxy) is 2. The van der Waals surface area contributed by atoms with Crippen LogP contribution in [-0.4, -0.2) is 62.1 Å². The molecule has 0 bridgehead atoms. The Bertz CT molecular complexity index is 1230. The molecule has 0 radical (unpaired) electrons. The zero-order valence-electron chi connectivity index (χ0n) is 20.2. The number of halogens is 1. The molecule has 0 spiro atoms. The van der Waals surface area contributed by atoms with Crippen molar-refractivity contribution in [3.8, 4) is 5.75 Å². The Morgan fingerprint density at radius 1 is 1.32 bits per heavy atom. The van der Waals surface area contributed by atoms with Crippen LogP contribution >= 0.6 is 8.18 Å². The van der Waals surface area contributed by atoms with E-state index in [2.05, 4.69) is 0 Å². The molecule has 1 aromatic carbocycles. The molecule has 200 valence electrons. The maximum absolute atomic E-state index is 15.5. The molecular weight excluding hydrogens is 512 g/mol. The van der Waals surface area contributed by atoms with Gasteiger partial charge in [0, 0.05) is 16.8 Å². The van der Waals surface area contributed by atoms with Crippen molar-refractivity contribution in [3.05, 3.63) is 63.4 Å². The van der Waals surface area contributed by atoms with Gasteiger partial charge in [-0.15, -0.1) is 0 Å². The summed E-state index contributed by atoms with van der Waals surface area (Å²) in [5.41, 5.74) is -4.07. The number of carbonyl (C=O) groups excluding carboxylic acids is 1. The molecule has 2 aromatic rings. The predicted molar refractivity (Wildman–Crippen MR) is 126 cm³/mol. The first kappa shape index (κ1) is 27.1. The van der Waals surface area contributed by atoms with Crippen LogP contribution in [0.1, 0.15) is 39.3 Å². The lowest BCUT2D eigenvalue weighted by Gasteiger charge is -2.27. The molecule has 1 unspecified atom stereocenters. The Morgan fingerprint density at radius 2 is 2.03 bits per heavy atom. The van der Waals surface area contributed by atoms with Crippen molar-refractivity contribution in [1.82, 2.24) is 14.4 Å². The number of rotatable bonds is 10. The zero-order chi connectivity index (χ0) is 26.7. The first-order chi connectivity index (χ1) is 17.6. The molecule has 2 heterocycles. The minimum absolute atomic E-state index is 0.228. The topological polar surface area (TPSA) is 149 Å². The van der Waals surface area contributed by atoms with Gasteiger partial charge in [-0.3, -0.25) is 24.0 Å². The van der Waals surface area contributed by atoms with Gasteiger partial charge in [-0.1, -0.05) is 18.2 Å². The van der Waals surface area contributed by atoms with Crippen LogP contribution in [0.2, 0.25) is 0 Å². The normalized spacial score (nSPS) is 26.9. The summed E-state index contributed by atoms with van der Waals surface area (Å²) in [6, 6.07) is 8.04. The SMILES string of the molecule is C[C@@H](C(=O)OC1CCC1)N(OC[C@H]1O[C@@H](n2ccc(=O)[nH]c2=O)[C@](C)(F)[C@@H]1O)[P+](=O)Oc1ccccc1. The van der Waals surface area contributed by atoms with Gasteiger partial charge in [0.05, 0.1) is 4.83 Å². The fourth-order valence-electron chi connectivity index (χ4n) is 3.87. The molecule has 2 N–H and O–H groups in total. The van der Waals surface area contributed by atoms with Gasteiger partial charge in [0.15, 0.2) is 23.7 Å². The van der Waals surface area contributed by atoms with E-state index in [1.54, 1.807) is 30.3 Å². The number of alkyl halides is 1. The molecule has 6 atom stereocenters. The van der Waals surface area contributed by atoms with Crippen LogP contribution in [0.15, 0.2) is 52.2 Å². The van der Waals surface area contributed by atoms with Crippen molar-refractivity contribution < 1.29 is 37.7 Å². The summed E-state index contributed by atoms with van der Waals surface area (Å²) in [5, 5.41) is 10.6. The molecule has 1 saturated heterocycles. The van der Waals surface area contributed by atoms with Crippen molar-refractivity contribution in [2.45, 2.75) is 69.4 Å². The number of aliphatic hydroxyl groups excluding tert-OH is 1. The van der Waals surface area contributed by atoms with Crippen LogP contribution in [0.25, 0.3) is 0 Å². The predicted octanol–water partition coefficient (Wildman–Crippen LogP) is 1.98. The molecule has 0 amide bonds. The standard InChI is InChI=1S/C23H27FN3O9P/c1-14(20(30)34-15-9-6-10-15)27(37(32)36-16-7-4-3-5-8-16)33-13-17-19(29)23(2,24)21(35-17)26-12-11-18(28)25-22(26)31/h3-5,7-8,11-12,14-15,17,19,21,29H,6,9-10,13H2,1-2H3/p+1/t14-,17+,19+,21+,23+/m0/s1. The minimum atomic E-state index is -2.79. The number of para-hydroxylation sites is 1. The average Bonchev–Trinajstić information content (AvgIpc) is 3.05. The van der Waals surface area contributed by atoms with Crippen LogP contribution in [0, 0.1) is 0 Å². The van der Waals surface area contributed by atoms with E-state index in [1.165, 1.54) is 6.92 Å². The molecule has 37 heavy (non-hydrogen) atoms. The van der Waals surface area contributed by atoms with Crippen molar-refractivity contribution in [2.24, 2.45) is 0 Å². The zero-order valence-corrected chi connectivity index (χ0v) is 21.1. The monoisotopic (exact) mass is 540 g/mol. The summed E-state index contributed by atoms with van der Waals surface area (Å²) in [5.74, 6) is -0.437. The Kier molecular flexibility index (Phi) is 8.20. The van der Waals surface area contributed by atoms with E-state index in [0.717, 1.165) is 47.9 Å². The van der Waals surface area contributed by atoms with Crippen LogP contribution in [0.4, 0.5) is 4.39 Å². The largest absolute Gasteiger partial charge is 0.693 e. The lowest BCUT2D eigenvalue weighted by atomic mass is 9.96. The highest BCUT2D eigenvalue weighted by Crippen LogP contribution is 2.41. The summed E-state index contributed by atoms with van der Waals surface area (Å²) in [6.45, 7) is 1.90. The second-order valence-corrected chi connectivity index (χ2v) is 10.1. The fourth-order valence-corrected chi connectivity index (χ4v) is 4.79. The number of hydrogen-bond donors (Lipinski definition) is 2. The first-order valence-corrected chi connectivity index (χ1v) is 12.9. The van der Waals surface area contributed by atoms with Crippen molar-refractivity contribution >= 4 is 14.1 Å². The molecule has 1 aliphatic carbocycles. The second kappa shape index (κ2) is 11.2. The number of aromatic nitrogens is 2. The molecule has 4 rings (SSSR count). The van der Waals surface area contributed by atoms with Crippen LogP contribution in [0.5, 0.6) is 5.75 Å². The van der Waals surface area contributed by atoms with E-state index >= 15 is 4.39 Å². The summed E-state index contributed by atoms with van der Waals surface area (Å²) in [6.07, 6.45) is -1.48. The van der Waals surface area contributed by atoms with Crippen LogP contribution in [-0.2, 0) is 23.7 Å². The van der Waals surface area contributed by atoms with Gasteiger partial charge in [0.25, 0.3) is 5.56 Å². The number of aromatic amines is 1. The highest BCUT2D eigenvalue weighted by atomic mass is 31.1. The third kappa shape index (κ3) is 5.97. The molecule has 14 heteroatoms. The first-order valence-electron chi connectivity index (χ1n) is 11.7. The Labute approximate surface area is 211 Å². The molecule has 1 saturated carbocycles. The smallest absolute Gasteiger partial charge is 0.461 e. The number of esters is 1. The third-order valence-electron chi connectivity index (χ3n) is 6.29. The summed E-state index contributed by atoms with van der Waals surface area (Å²) < 4.78 is 45.8. The maximum Gasteiger partial charge on any atom is 0.693 e. The van der Waals surface area contributed by atoms with Gasteiger partial charge in [0.2, 0.25) is 0 Å². The van der Waals surface area contributed by atoms with E-state index < -0.39 is 62.2 Å². The van der Waals surface area contributed by atoms with Gasteiger partial charge >= 0.3 is 19.8 Å². The van der Waals surface area contributed by atoms with Gasteiger partial charge in [-0.25, -0.2) is 13.7 Å². The molecule has 2 aliphatic rings. The highest BCUT2D eigenvalue weighted by molar-refractivity contribution is 7.36. The van der Waals surface area contributed by atoms with E-state index in [-0.39, 0.29) is 11.9 Å². The molecule has 1 aliphatic heterocycles. The number of hydrogen-bond acceptors (Lipinski definition) is 9. The lowest BCUT2D eigenvalue weighted by molar-refractivity contribution is -0.186. The van der Waals surface area contributed by atoms with E-state index in [1.807, 2.05) is 4.98 Å². The van der Waals surface area contributed by atoms with Gasteiger partial charge in [-0.2, -0.15) is 0 Å². The molecule has 12 nitrogen and oxygen atoms in total. The van der Waals surface area contributed by atoms with Gasteiger partial charge < -0.3 is 14.6 Å². The maximum atomic E-state index is 15.5. The second-order valence-electron chi connectivity index (χ2n) is 9.05. The average molecular weight is 540 g/mol. The van der Waals surface area contributed by atoms with Gasteiger partial charge in [-0.05, 0) is 45.2 Å². The number of H-pyrrole nitrogens is 1. The van der Waals surface area contributed by atoms with Gasteiger partial charge in [0.1, 0.15) is 24.9 Å². The lowest BCUT2D eigenvalue weighted by Crippen LogP contribution is -2.44. The quantitative estimate of drug-likeness (QED) is 0.260. The van der Waals surface area contributed by atoms with Crippen molar-refractivity contribution in [1.29, 1.82) is 0 Å². The highest BCUT2D eigenvalue weighted by Gasteiger charge is 2.56. The number of carbonyl (C=O) groups is 1. The number of benzene rings is 1. The summed E-state index contributed by atoms with van der Waals surface area (Å²) in [7, 11) is -2.79. The number of nitrogens with zero attached hydrogens (tertiary/aromatic N) is 2. The number of hydroxylamine groups is 1.